The van der Waals surface area contributed by atoms with Crippen LogP contribution in [0.4, 0.5) is 5.69 Å². The molecular weight excluding hydrogens is 290 g/mol. The van der Waals surface area contributed by atoms with Crippen LogP contribution in [0.2, 0.25) is 0 Å². The largest absolute Gasteiger partial charge is 0.377 e. The van der Waals surface area contributed by atoms with Crippen LogP contribution in [0.15, 0.2) is 97.6 Å². The molecular formula is C23H23N. The van der Waals surface area contributed by atoms with Gasteiger partial charge in [-0.15, -0.1) is 6.58 Å². The van der Waals surface area contributed by atoms with Crippen molar-refractivity contribution >= 4 is 5.69 Å². The van der Waals surface area contributed by atoms with Gasteiger partial charge in [0.2, 0.25) is 0 Å². The lowest BCUT2D eigenvalue weighted by molar-refractivity contribution is 0.692. The third-order valence-corrected chi connectivity index (χ3v) is 4.33. The second kappa shape index (κ2) is 7.65. The molecule has 0 aliphatic rings. The molecule has 0 aliphatic heterocycles. The molecule has 2 unspecified atom stereocenters. The molecule has 0 fully saturated rings. The number of anilines is 1. The quantitative estimate of drug-likeness (QED) is 0.541. The van der Waals surface area contributed by atoms with E-state index in [2.05, 4.69) is 97.7 Å². The van der Waals surface area contributed by atoms with Gasteiger partial charge in [0, 0.05) is 11.6 Å². The first kappa shape index (κ1) is 16.1. The van der Waals surface area contributed by atoms with Crippen molar-refractivity contribution in [2.75, 3.05) is 5.32 Å². The highest BCUT2D eigenvalue weighted by molar-refractivity contribution is 5.47. The van der Waals surface area contributed by atoms with Crippen LogP contribution in [-0.2, 0) is 0 Å². The summed E-state index contributed by atoms with van der Waals surface area (Å²) < 4.78 is 0. The number of para-hydroxylation sites is 1. The molecule has 1 heteroatoms. The molecule has 120 valence electrons. The van der Waals surface area contributed by atoms with Crippen LogP contribution in [0, 0.1) is 6.92 Å². The zero-order valence-corrected chi connectivity index (χ0v) is 14.0. The molecule has 3 rings (SSSR count). The summed E-state index contributed by atoms with van der Waals surface area (Å²) in [6.45, 7) is 6.22. The Morgan fingerprint density at radius 2 is 1.33 bits per heavy atom. The molecule has 0 aliphatic carbocycles. The van der Waals surface area contributed by atoms with Gasteiger partial charge in [0.05, 0.1) is 6.04 Å². The molecule has 0 bridgehead atoms. The highest BCUT2D eigenvalue weighted by atomic mass is 14.9. The summed E-state index contributed by atoms with van der Waals surface area (Å²) in [4.78, 5) is 0. The summed E-state index contributed by atoms with van der Waals surface area (Å²) in [6, 6.07) is 29.8. The Morgan fingerprint density at radius 1 is 0.750 bits per heavy atom. The van der Waals surface area contributed by atoms with E-state index in [1.165, 1.54) is 16.7 Å². The molecule has 0 amide bonds. The summed E-state index contributed by atoms with van der Waals surface area (Å²) >= 11 is 0. The van der Waals surface area contributed by atoms with Crippen LogP contribution in [0.3, 0.4) is 0 Å². The molecule has 0 aromatic heterocycles. The summed E-state index contributed by atoms with van der Waals surface area (Å²) in [5, 5.41) is 3.69. The molecule has 0 heterocycles. The summed E-state index contributed by atoms with van der Waals surface area (Å²) in [7, 11) is 0. The first-order chi connectivity index (χ1) is 11.8. The summed E-state index contributed by atoms with van der Waals surface area (Å²) in [6.07, 6.45) is 2.04. The van der Waals surface area contributed by atoms with Gasteiger partial charge in [-0.1, -0.05) is 84.4 Å². The third-order valence-electron chi connectivity index (χ3n) is 4.33. The van der Waals surface area contributed by atoms with Gasteiger partial charge in [-0.05, 0) is 30.2 Å². The SMILES string of the molecule is C=CC(c1ccccc1)C(Nc1ccccc1)c1ccc(C)cc1. The Morgan fingerprint density at radius 3 is 1.92 bits per heavy atom. The molecule has 0 saturated carbocycles. The van der Waals surface area contributed by atoms with E-state index in [1.807, 2.05) is 12.1 Å². The van der Waals surface area contributed by atoms with Crippen molar-refractivity contribution in [3.05, 3.63) is 114 Å². The predicted octanol–water partition coefficient (Wildman–Crippen LogP) is 6.12. The maximum absolute atomic E-state index is 4.10. The van der Waals surface area contributed by atoms with Gasteiger partial charge in [-0.25, -0.2) is 0 Å². The molecule has 0 radical (unpaired) electrons. The average Bonchev–Trinajstić information content (AvgIpc) is 2.64. The molecule has 2 atom stereocenters. The smallest absolute Gasteiger partial charge is 0.0616 e. The van der Waals surface area contributed by atoms with Gasteiger partial charge in [0.15, 0.2) is 0 Å². The molecule has 0 spiro atoms. The van der Waals surface area contributed by atoms with E-state index in [4.69, 9.17) is 0 Å². The van der Waals surface area contributed by atoms with Crippen LogP contribution in [-0.4, -0.2) is 0 Å². The first-order valence-electron chi connectivity index (χ1n) is 8.33. The van der Waals surface area contributed by atoms with E-state index in [-0.39, 0.29) is 12.0 Å². The van der Waals surface area contributed by atoms with E-state index < -0.39 is 0 Å². The zero-order valence-electron chi connectivity index (χ0n) is 14.0. The van der Waals surface area contributed by atoms with Crippen molar-refractivity contribution in [3.63, 3.8) is 0 Å². The van der Waals surface area contributed by atoms with Crippen molar-refractivity contribution in [2.24, 2.45) is 0 Å². The van der Waals surface area contributed by atoms with Gasteiger partial charge in [-0.2, -0.15) is 0 Å². The first-order valence-corrected chi connectivity index (χ1v) is 8.33. The lowest BCUT2D eigenvalue weighted by Gasteiger charge is -2.28. The maximum atomic E-state index is 4.10. The Labute approximate surface area is 144 Å². The van der Waals surface area contributed by atoms with Crippen LogP contribution >= 0.6 is 0 Å². The van der Waals surface area contributed by atoms with Gasteiger partial charge in [0.25, 0.3) is 0 Å². The van der Waals surface area contributed by atoms with Crippen molar-refractivity contribution < 1.29 is 0 Å². The normalized spacial score (nSPS) is 13.0. The molecule has 1 nitrogen and oxygen atoms in total. The fraction of sp³-hybridized carbons (Fsp3) is 0.130. The van der Waals surface area contributed by atoms with E-state index >= 15 is 0 Å². The average molecular weight is 313 g/mol. The number of hydrogen-bond donors (Lipinski definition) is 1. The van der Waals surface area contributed by atoms with E-state index in [0.29, 0.717) is 0 Å². The van der Waals surface area contributed by atoms with Gasteiger partial charge < -0.3 is 5.32 Å². The fourth-order valence-corrected chi connectivity index (χ4v) is 3.01. The second-order valence-corrected chi connectivity index (χ2v) is 6.07. The standard InChI is InChI=1S/C23H23N/c1-3-22(19-10-6-4-7-11-19)23(20-16-14-18(2)15-17-20)24-21-12-8-5-9-13-21/h3-17,22-24H,1H2,2H3. The minimum absolute atomic E-state index is 0.132. The number of aryl methyl sites for hydroxylation is 1. The van der Waals surface area contributed by atoms with E-state index in [1.54, 1.807) is 0 Å². The lowest BCUT2D eigenvalue weighted by Crippen LogP contribution is -2.18. The van der Waals surface area contributed by atoms with Gasteiger partial charge in [0.1, 0.15) is 0 Å². The Hall–Kier alpha value is -2.80. The highest BCUT2D eigenvalue weighted by Gasteiger charge is 2.22. The molecule has 24 heavy (non-hydrogen) atoms. The number of benzene rings is 3. The van der Waals surface area contributed by atoms with Crippen LogP contribution in [0.25, 0.3) is 0 Å². The monoisotopic (exact) mass is 313 g/mol. The summed E-state index contributed by atoms with van der Waals surface area (Å²) in [5.74, 6) is 0.189. The number of hydrogen-bond acceptors (Lipinski definition) is 1. The molecule has 0 saturated heterocycles. The third kappa shape index (κ3) is 3.75. The number of nitrogens with one attached hydrogen (secondary N) is 1. The van der Waals surface area contributed by atoms with Crippen LogP contribution in [0.5, 0.6) is 0 Å². The molecule has 3 aromatic carbocycles. The zero-order chi connectivity index (χ0) is 16.8. The lowest BCUT2D eigenvalue weighted by atomic mass is 9.86. The topological polar surface area (TPSA) is 12.0 Å². The minimum atomic E-state index is 0.132. The van der Waals surface area contributed by atoms with Crippen LogP contribution < -0.4 is 5.32 Å². The van der Waals surface area contributed by atoms with Crippen molar-refractivity contribution in [2.45, 2.75) is 18.9 Å². The highest BCUT2D eigenvalue weighted by Crippen LogP contribution is 2.35. The Bertz CT molecular complexity index is 760. The Balaban J connectivity index is 2.00. The van der Waals surface area contributed by atoms with Crippen LogP contribution in [0.1, 0.15) is 28.7 Å². The second-order valence-electron chi connectivity index (χ2n) is 6.07. The van der Waals surface area contributed by atoms with Gasteiger partial charge in [-0.3, -0.25) is 0 Å². The Kier molecular flexibility index (Phi) is 5.12. The van der Waals surface area contributed by atoms with Crippen molar-refractivity contribution in [1.29, 1.82) is 0 Å². The molecule has 1 N–H and O–H groups in total. The van der Waals surface area contributed by atoms with Crippen molar-refractivity contribution in [1.82, 2.24) is 0 Å². The molecule has 3 aromatic rings. The van der Waals surface area contributed by atoms with Gasteiger partial charge >= 0.3 is 0 Å². The van der Waals surface area contributed by atoms with E-state index in [9.17, 15) is 0 Å². The van der Waals surface area contributed by atoms with E-state index in [0.717, 1.165) is 5.69 Å². The fourth-order valence-electron chi connectivity index (χ4n) is 3.01. The summed E-state index contributed by atoms with van der Waals surface area (Å²) in [5.41, 5.74) is 4.91. The predicted molar refractivity (Wildman–Crippen MR) is 103 cm³/mol. The van der Waals surface area contributed by atoms with Crippen molar-refractivity contribution in [3.8, 4) is 0 Å². The minimum Gasteiger partial charge on any atom is -0.377 e. The number of rotatable bonds is 6. The maximum Gasteiger partial charge on any atom is 0.0616 e.